The molecule has 0 atom stereocenters. The summed E-state index contributed by atoms with van der Waals surface area (Å²) in [5, 5.41) is 4.18. The van der Waals surface area contributed by atoms with Gasteiger partial charge in [0.25, 0.3) is 5.91 Å². The lowest BCUT2D eigenvalue weighted by Crippen LogP contribution is -2.47. The van der Waals surface area contributed by atoms with Crippen LogP contribution in [0.4, 0.5) is 10.1 Å². The minimum Gasteiger partial charge on any atom is -0.369 e. The van der Waals surface area contributed by atoms with E-state index in [0.29, 0.717) is 11.4 Å². The van der Waals surface area contributed by atoms with Gasteiger partial charge in [-0.2, -0.15) is 0 Å². The molecule has 0 spiro atoms. The number of rotatable bonds is 7. The predicted molar refractivity (Wildman–Crippen MR) is 140 cm³/mol. The third-order valence-corrected chi connectivity index (χ3v) is 7.60. The fourth-order valence-corrected chi connectivity index (χ4v) is 5.98. The van der Waals surface area contributed by atoms with Gasteiger partial charge in [0.2, 0.25) is 0 Å². The highest BCUT2D eigenvalue weighted by Crippen LogP contribution is 2.35. The van der Waals surface area contributed by atoms with E-state index < -0.39 is 0 Å². The van der Waals surface area contributed by atoms with Crippen molar-refractivity contribution in [3.05, 3.63) is 76.8 Å². The highest BCUT2D eigenvalue weighted by atomic mass is 32.1. The van der Waals surface area contributed by atoms with Crippen molar-refractivity contribution < 1.29 is 9.18 Å². The SMILES string of the molecule is Cc1cc(C)c2c(-n3cccc3)c(C(=O)NCCCN3CCN(c4ccc(F)cc4)CC3)sc2n1. The van der Waals surface area contributed by atoms with Crippen molar-refractivity contribution in [1.29, 1.82) is 0 Å². The first-order chi connectivity index (χ1) is 17.0. The maximum atomic E-state index is 13.2. The van der Waals surface area contributed by atoms with Crippen LogP contribution in [0.15, 0.2) is 54.9 Å². The second-order valence-electron chi connectivity index (χ2n) is 9.05. The summed E-state index contributed by atoms with van der Waals surface area (Å²) >= 11 is 1.46. The summed E-state index contributed by atoms with van der Waals surface area (Å²) in [5.74, 6) is -0.248. The van der Waals surface area contributed by atoms with Crippen LogP contribution in [0.2, 0.25) is 0 Å². The molecule has 8 heteroatoms. The number of halogens is 1. The zero-order valence-electron chi connectivity index (χ0n) is 20.1. The number of pyridine rings is 1. The maximum absolute atomic E-state index is 13.2. The minimum absolute atomic E-state index is 0.0464. The Labute approximate surface area is 209 Å². The van der Waals surface area contributed by atoms with Crippen LogP contribution in [0.5, 0.6) is 0 Å². The second-order valence-corrected chi connectivity index (χ2v) is 10.0. The van der Waals surface area contributed by atoms with Crippen molar-refractivity contribution >= 4 is 33.1 Å². The van der Waals surface area contributed by atoms with Crippen LogP contribution in [0.25, 0.3) is 15.9 Å². The van der Waals surface area contributed by atoms with E-state index in [2.05, 4.69) is 28.1 Å². The molecule has 3 aromatic heterocycles. The third-order valence-electron chi connectivity index (χ3n) is 6.53. The van der Waals surface area contributed by atoms with Gasteiger partial charge >= 0.3 is 0 Å². The molecule has 1 aliphatic heterocycles. The normalized spacial score (nSPS) is 14.5. The fourth-order valence-electron chi connectivity index (χ4n) is 4.77. The van der Waals surface area contributed by atoms with E-state index >= 15 is 0 Å². The average molecular weight is 492 g/mol. The van der Waals surface area contributed by atoms with Crippen LogP contribution >= 0.6 is 11.3 Å². The number of hydrogen-bond acceptors (Lipinski definition) is 5. The van der Waals surface area contributed by atoms with E-state index in [9.17, 15) is 9.18 Å². The summed E-state index contributed by atoms with van der Waals surface area (Å²) in [4.78, 5) is 24.2. The Kier molecular flexibility index (Phi) is 6.83. The van der Waals surface area contributed by atoms with Crippen molar-refractivity contribution in [2.75, 3.05) is 44.2 Å². The molecule has 0 radical (unpaired) electrons. The molecular formula is C27H30FN5OS. The number of fused-ring (bicyclic) bond motifs is 1. The van der Waals surface area contributed by atoms with Gasteiger partial charge in [0.15, 0.2) is 0 Å². The monoisotopic (exact) mass is 491 g/mol. The molecule has 6 nitrogen and oxygen atoms in total. The van der Waals surface area contributed by atoms with Crippen LogP contribution in [0, 0.1) is 19.7 Å². The number of carbonyl (C=O) groups is 1. The second kappa shape index (κ2) is 10.2. The highest BCUT2D eigenvalue weighted by molar-refractivity contribution is 7.21. The molecular weight excluding hydrogens is 461 g/mol. The first-order valence-electron chi connectivity index (χ1n) is 12.0. The lowest BCUT2D eigenvalue weighted by molar-refractivity contribution is 0.0955. The van der Waals surface area contributed by atoms with Crippen molar-refractivity contribution in [1.82, 2.24) is 19.8 Å². The summed E-state index contributed by atoms with van der Waals surface area (Å²) in [7, 11) is 0. The molecule has 182 valence electrons. The Morgan fingerprint density at radius 3 is 2.51 bits per heavy atom. The van der Waals surface area contributed by atoms with Gasteiger partial charge in [-0.1, -0.05) is 0 Å². The molecule has 1 N–H and O–H groups in total. The minimum atomic E-state index is -0.202. The van der Waals surface area contributed by atoms with E-state index in [1.165, 1.54) is 23.5 Å². The zero-order valence-corrected chi connectivity index (χ0v) is 20.9. The Hall–Kier alpha value is -3.23. The Morgan fingerprint density at radius 1 is 1.09 bits per heavy atom. The van der Waals surface area contributed by atoms with Gasteiger partial charge in [-0.15, -0.1) is 11.3 Å². The number of benzene rings is 1. The van der Waals surface area contributed by atoms with Gasteiger partial charge in [-0.05, 0) is 74.8 Å². The van der Waals surface area contributed by atoms with Crippen LogP contribution in [-0.4, -0.2) is 59.6 Å². The van der Waals surface area contributed by atoms with Gasteiger partial charge in [0, 0.05) is 61.9 Å². The molecule has 35 heavy (non-hydrogen) atoms. The molecule has 4 aromatic rings. The van der Waals surface area contributed by atoms with Crippen LogP contribution in [-0.2, 0) is 0 Å². The number of carbonyl (C=O) groups excluding carboxylic acids is 1. The number of aryl methyl sites for hydroxylation is 2. The number of hydrogen-bond donors (Lipinski definition) is 1. The topological polar surface area (TPSA) is 53.4 Å². The molecule has 4 heterocycles. The number of nitrogens with one attached hydrogen (secondary N) is 1. The number of piperazine rings is 1. The summed E-state index contributed by atoms with van der Waals surface area (Å²) < 4.78 is 15.2. The molecule has 1 fully saturated rings. The van der Waals surface area contributed by atoms with E-state index in [-0.39, 0.29) is 11.7 Å². The summed E-state index contributed by atoms with van der Waals surface area (Å²) in [6, 6.07) is 12.7. The standard InChI is InChI=1S/C27H30FN5OS/c1-19-18-20(2)30-27-23(19)24(33-12-3-4-13-33)25(35-27)26(34)29-10-5-11-31-14-16-32(17-15-31)22-8-6-21(28)7-9-22/h3-4,6-9,12-13,18H,5,10-11,14-17H2,1-2H3,(H,29,34). The first kappa shape index (κ1) is 23.5. The Morgan fingerprint density at radius 2 is 1.80 bits per heavy atom. The Bertz CT molecular complexity index is 1310. The lowest BCUT2D eigenvalue weighted by Gasteiger charge is -2.36. The van der Waals surface area contributed by atoms with E-state index in [1.54, 1.807) is 0 Å². The number of aromatic nitrogens is 2. The third kappa shape index (κ3) is 5.09. The van der Waals surface area contributed by atoms with Crippen LogP contribution in [0.1, 0.15) is 27.3 Å². The van der Waals surface area contributed by atoms with Gasteiger partial charge in [-0.25, -0.2) is 9.37 Å². The Balaban J connectivity index is 1.18. The quantitative estimate of drug-likeness (QED) is 0.378. The molecule has 0 saturated carbocycles. The van der Waals surface area contributed by atoms with Crippen molar-refractivity contribution in [3.63, 3.8) is 0 Å². The van der Waals surface area contributed by atoms with Crippen LogP contribution < -0.4 is 10.2 Å². The predicted octanol–water partition coefficient (Wildman–Crippen LogP) is 4.79. The van der Waals surface area contributed by atoms with E-state index in [0.717, 1.165) is 72.0 Å². The molecule has 1 amide bonds. The van der Waals surface area contributed by atoms with Crippen molar-refractivity contribution in [2.45, 2.75) is 20.3 Å². The smallest absolute Gasteiger partial charge is 0.263 e. The molecule has 5 rings (SSSR count). The molecule has 0 unspecified atom stereocenters. The maximum Gasteiger partial charge on any atom is 0.263 e. The van der Waals surface area contributed by atoms with Crippen molar-refractivity contribution in [3.8, 4) is 5.69 Å². The van der Waals surface area contributed by atoms with E-state index in [1.807, 2.05) is 48.1 Å². The van der Waals surface area contributed by atoms with Crippen molar-refractivity contribution in [2.24, 2.45) is 0 Å². The molecule has 1 aromatic carbocycles. The number of nitrogens with zero attached hydrogens (tertiary/aromatic N) is 4. The van der Waals surface area contributed by atoms with Gasteiger partial charge in [0.1, 0.15) is 15.5 Å². The highest BCUT2D eigenvalue weighted by Gasteiger charge is 2.22. The summed E-state index contributed by atoms with van der Waals surface area (Å²) in [6.07, 6.45) is 4.84. The molecule has 0 aliphatic carbocycles. The summed E-state index contributed by atoms with van der Waals surface area (Å²) in [5.41, 5.74) is 4.07. The molecule has 0 bridgehead atoms. The summed E-state index contributed by atoms with van der Waals surface area (Å²) in [6.45, 7) is 9.40. The number of amides is 1. The number of thiophene rings is 1. The lowest BCUT2D eigenvalue weighted by atomic mass is 10.1. The fraction of sp³-hybridized carbons (Fsp3) is 0.333. The molecule has 1 saturated heterocycles. The van der Waals surface area contributed by atoms with Gasteiger partial charge in [0.05, 0.1) is 5.69 Å². The van der Waals surface area contributed by atoms with E-state index in [4.69, 9.17) is 4.98 Å². The zero-order chi connectivity index (χ0) is 24.4. The van der Waals surface area contributed by atoms with Gasteiger partial charge in [-0.3, -0.25) is 9.69 Å². The largest absolute Gasteiger partial charge is 0.369 e. The number of anilines is 1. The average Bonchev–Trinajstić information content (AvgIpc) is 3.50. The van der Waals surface area contributed by atoms with Crippen LogP contribution in [0.3, 0.4) is 0 Å². The molecule has 1 aliphatic rings. The first-order valence-corrected chi connectivity index (χ1v) is 12.9. The van der Waals surface area contributed by atoms with Gasteiger partial charge < -0.3 is 14.8 Å².